The van der Waals surface area contributed by atoms with Gasteiger partial charge in [-0.1, -0.05) is 37.6 Å². The zero-order chi connectivity index (χ0) is 19.8. The predicted octanol–water partition coefficient (Wildman–Crippen LogP) is 7.32. The second-order valence-corrected chi connectivity index (χ2v) is 10.0. The van der Waals surface area contributed by atoms with E-state index in [0.29, 0.717) is 29.6 Å². The van der Waals surface area contributed by atoms with E-state index >= 15 is 0 Å². The zero-order valence-electron chi connectivity index (χ0n) is 16.5. The molecule has 1 heterocycles. The van der Waals surface area contributed by atoms with E-state index in [2.05, 4.69) is 32.0 Å². The maximum atomic E-state index is 13.3. The third kappa shape index (κ3) is 3.67. The Hall–Kier alpha value is -1.58. The number of hydrogen-bond donors (Lipinski definition) is 1. The first-order valence-corrected chi connectivity index (χ1v) is 11.5. The van der Waals surface area contributed by atoms with Crippen molar-refractivity contribution in [3.63, 3.8) is 0 Å². The summed E-state index contributed by atoms with van der Waals surface area (Å²) in [4.78, 5) is 14.4. The first kappa shape index (κ1) is 19.7. The van der Waals surface area contributed by atoms with Gasteiger partial charge in [0.25, 0.3) is 0 Å². The molecule has 2 nitrogen and oxygen atoms in total. The van der Waals surface area contributed by atoms with Gasteiger partial charge in [-0.05, 0) is 78.8 Å². The molecule has 148 valence electrons. The van der Waals surface area contributed by atoms with E-state index in [-0.39, 0.29) is 11.7 Å². The lowest BCUT2D eigenvalue weighted by molar-refractivity contribution is -0.114. The molecule has 1 fully saturated rings. The second-order valence-electron chi connectivity index (χ2n) is 8.29. The largest absolute Gasteiger partial charge is 0.511 e. The van der Waals surface area contributed by atoms with Crippen LogP contribution in [-0.2, 0) is 11.2 Å². The number of aryl methyl sites for hydroxylation is 1. The summed E-state index contributed by atoms with van der Waals surface area (Å²) in [7, 11) is 0. The molecule has 2 aromatic rings. The van der Waals surface area contributed by atoms with Crippen molar-refractivity contribution in [2.45, 2.75) is 52.4 Å². The summed E-state index contributed by atoms with van der Waals surface area (Å²) in [5.74, 6) is 1.37. The SMILES string of the molecule is CCc1ccc(-c2ccc(Cl)s2)cc1C1=C(O)[C@@H](C)C2CCC(CC2)CC1=O. The van der Waals surface area contributed by atoms with E-state index in [9.17, 15) is 9.90 Å². The highest BCUT2D eigenvalue weighted by molar-refractivity contribution is 7.19. The number of hydrogen-bond acceptors (Lipinski definition) is 3. The molecule has 4 heteroatoms. The highest BCUT2D eigenvalue weighted by Gasteiger charge is 2.34. The Balaban J connectivity index is 1.86. The van der Waals surface area contributed by atoms with Crippen molar-refractivity contribution in [1.82, 2.24) is 0 Å². The molecular weight excluding hydrogens is 388 g/mol. The lowest BCUT2D eigenvalue weighted by Gasteiger charge is -2.30. The van der Waals surface area contributed by atoms with Crippen LogP contribution in [0.1, 0.15) is 57.1 Å². The molecule has 3 aliphatic rings. The van der Waals surface area contributed by atoms with Gasteiger partial charge < -0.3 is 5.11 Å². The number of carbonyl (C=O) groups is 1. The molecule has 1 saturated carbocycles. The van der Waals surface area contributed by atoms with Crippen molar-refractivity contribution in [1.29, 1.82) is 0 Å². The van der Waals surface area contributed by atoms with E-state index in [0.717, 1.165) is 58.0 Å². The van der Waals surface area contributed by atoms with Gasteiger partial charge in [-0.3, -0.25) is 4.79 Å². The molecule has 1 aromatic carbocycles. The first-order chi connectivity index (χ1) is 13.5. The summed E-state index contributed by atoms with van der Waals surface area (Å²) < 4.78 is 0.752. The van der Waals surface area contributed by atoms with Crippen LogP contribution in [0.25, 0.3) is 16.0 Å². The second kappa shape index (κ2) is 8.04. The van der Waals surface area contributed by atoms with Crippen molar-refractivity contribution in [3.05, 3.63) is 51.6 Å². The van der Waals surface area contributed by atoms with Crippen LogP contribution in [0.4, 0.5) is 0 Å². The zero-order valence-corrected chi connectivity index (χ0v) is 18.1. The topological polar surface area (TPSA) is 37.3 Å². The normalized spacial score (nSPS) is 25.5. The summed E-state index contributed by atoms with van der Waals surface area (Å²) in [5.41, 5.74) is 3.63. The quantitative estimate of drug-likeness (QED) is 0.571. The molecule has 1 atom stereocenters. The van der Waals surface area contributed by atoms with Gasteiger partial charge in [0.1, 0.15) is 5.76 Å². The fraction of sp³-hybridized carbons (Fsp3) is 0.458. The first-order valence-electron chi connectivity index (χ1n) is 10.3. The number of carbonyl (C=O) groups excluding carboxylic acids is 1. The number of benzene rings is 1. The summed E-state index contributed by atoms with van der Waals surface area (Å²) in [5, 5.41) is 11.2. The molecular formula is C24H27ClO2S. The molecule has 0 amide bonds. The van der Waals surface area contributed by atoms with E-state index in [4.69, 9.17) is 11.6 Å². The molecule has 1 N–H and O–H groups in total. The van der Waals surface area contributed by atoms with Gasteiger partial charge in [-0.25, -0.2) is 0 Å². The molecule has 1 aromatic heterocycles. The summed E-state index contributed by atoms with van der Waals surface area (Å²) in [6, 6.07) is 10.2. The molecule has 0 saturated heterocycles. The molecule has 0 aliphatic heterocycles. The molecule has 0 spiro atoms. The minimum absolute atomic E-state index is 0.0301. The van der Waals surface area contributed by atoms with Crippen molar-refractivity contribution >= 4 is 34.3 Å². The van der Waals surface area contributed by atoms with Gasteiger partial charge >= 0.3 is 0 Å². The molecule has 0 radical (unpaired) electrons. The highest BCUT2D eigenvalue weighted by atomic mass is 35.5. The summed E-state index contributed by atoms with van der Waals surface area (Å²) >= 11 is 7.67. The standard InChI is InChI=1S/C24H27ClO2S/c1-3-16-8-9-18(21-10-11-22(25)28-21)13-19(16)23-20(26)12-15-4-6-17(7-5-15)14(2)24(23)27/h8-11,13-15,17,27H,3-7,12H2,1-2H3/t14-,15?,17?/m0/s1. The number of rotatable bonds is 3. The number of Topliss-reactive ketones (excluding diaryl/α,β-unsaturated/α-hetero) is 1. The number of aliphatic hydroxyl groups is 1. The van der Waals surface area contributed by atoms with E-state index < -0.39 is 0 Å². The number of thiophene rings is 1. The monoisotopic (exact) mass is 414 g/mol. The van der Waals surface area contributed by atoms with Crippen LogP contribution in [0.3, 0.4) is 0 Å². The van der Waals surface area contributed by atoms with Crippen LogP contribution in [0.5, 0.6) is 0 Å². The van der Waals surface area contributed by atoms with E-state index in [1.165, 1.54) is 11.3 Å². The number of fused-ring (bicyclic) bond motifs is 5. The van der Waals surface area contributed by atoms with Crippen LogP contribution in [-0.4, -0.2) is 10.9 Å². The lowest BCUT2D eigenvalue weighted by Crippen LogP contribution is -2.20. The Morgan fingerprint density at radius 2 is 1.89 bits per heavy atom. The van der Waals surface area contributed by atoms with Gasteiger partial charge in [0, 0.05) is 17.2 Å². The van der Waals surface area contributed by atoms with Crippen molar-refractivity contribution in [3.8, 4) is 10.4 Å². The summed E-state index contributed by atoms with van der Waals surface area (Å²) in [6.07, 6.45) is 5.82. The Bertz CT molecular complexity index is 918. The molecule has 28 heavy (non-hydrogen) atoms. The predicted molar refractivity (Wildman–Crippen MR) is 118 cm³/mol. The van der Waals surface area contributed by atoms with E-state index in [1.54, 1.807) is 0 Å². The number of aliphatic hydroxyl groups excluding tert-OH is 1. The maximum Gasteiger partial charge on any atom is 0.167 e. The van der Waals surface area contributed by atoms with Gasteiger partial charge in [0.2, 0.25) is 0 Å². The van der Waals surface area contributed by atoms with Gasteiger partial charge in [-0.2, -0.15) is 0 Å². The van der Waals surface area contributed by atoms with Gasteiger partial charge in [0.05, 0.1) is 9.91 Å². The highest BCUT2D eigenvalue weighted by Crippen LogP contribution is 2.43. The molecule has 2 bridgehead atoms. The van der Waals surface area contributed by atoms with Crippen molar-refractivity contribution in [2.75, 3.05) is 0 Å². The summed E-state index contributed by atoms with van der Waals surface area (Å²) in [6.45, 7) is 4.19. The number of allylic oxidation sites excluding steroid dienone is 2. The van der Waals surface area contributed by atoms with E-state index in [1.807, 2.05) is 12.1 Å². The third-order valence-electron chi connectivity index (χ3n) is 6.66. The van der Waals surface area contributed by atoms with Crippen LogP contribution in [0, 0.1) is 17.8 Å². The lowest BCUT2D eigenvalue weighted by atomic mass is 9.76. The smallest absolute Gasteiger partial charge is 0.167 e. The minimum Gasteiger partial charge on any atom is -0.511 e. The van der Waals surface area contributed by atoms with Crippen LogP contribution >= 0.6 is 22.9 Å². The Labute approximate surface area is 176 Å². The van der Waals surface area contributed by atoms with Crippen LogP contribution in [0.15, 0.2) is 36.1 Å². The third-order valence-corrected chi connectivity index (χ3v) is 7.94. The van der Waals surface area contributed by atoms with Crippen LogP contribution < -0.4 is 0 Å². The number of ketones is 1. The maximum absolute atomic E-state index is 13.3. The molecule has 3 aliphatic carbocycles. The van der Waals surface area contributed by atoms with Gasteiger partial charge in [-0.15, -0.1) is 11.3 Å². The van der Waals surface area contributed by atoms with Crippen LogP contribution in [0.2, 0.25) is 4.34 Å². The molecule has 5 rings (SSSR count). The van der Waals surface area contributed by atoms with Crippen molar-refractivity contribution < 1.29 is 9.90 Å². The Morgan fingerprint density at radius 3 is 2.54 bits per heavy atom. The average Bonchev–Trinajstić information content (AvgIpc) is 3.15. The molecule has 0 unspecified atom stereocenters. The minimum atomic E-state index is 0.0301. The fourth-order valence-corrected chi connectivity index (χ4v) is 5.92. The number of halogens is 1. The van der Waals surface area contributed by atoms with Gasteiger partial charge in [0.15, 0.2) is 5.78 Å². The Morgan fingerprint density at radius 1 is 1.14 bits per heavy atom. The average molecular weight is 415 g/mol. The van der Waals surface area contributed by atoms with Crippen molar-refractivity contribution in [2.24, 2.45) is 17.8 Å². The Kier molecular flexibility index (Phi) is 5.66. The fourth-order valence-electron chi connectivity index (χ4n) is 4.88.